The number of halogens is 3. The lowest BCUT2D eigenvalue weighted by Gasteiger charge is -2.18. The maximum atomic E-state index is 12.9. The molecule has 0 heterocycles. The van der Waals surface area contributed by atoms with Gasteiger partial charge in [0.2, 0.25) is 0 Å². The zero-order chi connectivity index (χ0) is 13.6. The molecule has 1 atom stereocenters. The molecule has 0 saturated carbocycles. The number of carbonyl (C=O) groups excluding carboxylic acids is 1. The molecule has 1 aromatic rings. The Labute approximate surface area is 116 Å². The molecular formula is C12H17ClF2N2O2. The maximum Gasteiger partial charge on any atom is 0.277 e. The molecule has 19 heavy (non-hydrogen) atoms. The first-order valence-corrected chi connectivity index (χ1v) is 5.43. The van der Waals surface area contributed by atoms with Crippen LogP contribution < -0.4 is 11.1 Å². The lowest BCUT2D eigenvalue weighted by Crippen LogP contribution is -2.43. The summed E-state index contributed by atoms with van der Waals surface area (Å²) in [7, 11) is 1.35. The Morgan fingerprint density at radius 3 is 2.47 bits per heavy atom. The van der Waals surface area contributed by atoms with E-state index in [1.54, 1.807) is 30.3 Å². The second kappa shape index (κ2) is 8.04. The molecule has 7 heteroatoms. The number of hydrogen-bond acceptors (Lipinski definition) is 3. The van der Waals surface area contributed by atoms with Crippen LogP contribution in [0, 0.1) is 0 Å². The van der Waals surface area contributed by atoms with Crippen molar-refractivity contribution in [2.45, 2.75) is 12.0 Å². The monoisotopic (exact) mass is 294 g/mol. The van der Waals surface area contributed by atoms with Gasteiger partial charge in [-0.15, -0.1) is 12.4 Å². The number of carbonyl (C=O) groups is 1. The van der Waals surface area contributed by atoms with Crippen molar-refractivity contribution in [2.75, 3.05) is 20.2 Å². The van der Waals surface area contributed by atoms with E-state index in [0.29, 0.717) is 5.56 Å². The number of hydrogen-bond donors (Lipinski definition) is 2. The highest BCUT2D eigenvalue weighted by Gasteiger charge is 2.29. The van der Waals surface area contributed by atoms with Gasteiger partial charge in [0, 0.05) is 7.11 Å². The smallest absolute Gasteiger partial charge is 0.277 e. The largest absolute Gasteiger partial charge is 0.367 e. The Morgan fingerprint density at radius 2 is 2.00 bits per heavy atom. The zero-order valence-electron chi connectivity index (χ0n) is 10.4. The highest BCUT2D eigenvalue weighted by molar-refractivity contribution is 5.85. The van der Waals surface area contributed by atoms with Gasteiger partial charge in [0.15, 0.2) is 6.10 Å². The van der Waals surface area contributed by atoms with Crippen molar-refractivity contribution in [3.05, 3.63) is 35.9 Å². The Hall–Kier alpha value is -1.24. The third kappa shape index (κ3) is 5.50. The van der Waals surface area contributed by atoms with Crippen LogP contribution in [0.1, 0.15) is 11.7 Å². The molecule has 1 rings (SSSR count). The van der Waals surface area contributed by atoms with Crippen LogP contribution in [0.15, 0.2) is 30.3 Å². The molecule has 0 spiro atoms. The van der Waals surface area contributed by atoms with Gasteiger partial charge in [0.1, 0.15) is 0 Å². The summed E-state index contributed by atoms with van der Waals surface area (Å²) >= 11 is 0. The number of methoxy groups -OCH3 is 1. The van der Waals surface area contributed by atoms with Crippen LogP contribution in [0.3, 0.4) is 0 Å². The number of amides is 1. The standard InChI is InChI=1S/C12H16F2N2O2.ClH/c1-18-10(9-5-3-2-4-6-9)11(17)16-8-12(13,14)7-15;/h2-6,10H,7-8,15H2,1H3,(H,16,17);1H. The quantitative estimate of drug-likeness (QED) is 0.836. The molecule has 3 N–H and O–H groups in total. The normalized spacial score (nSPS) is 12.4. The SMILES string of the molecule is COC(C(=O)NCC(F)(F)CN)c1ccccc1.Cl. The van der Waals surface area contributed by atoms with E-state index in [1.165, 1.54) is 7.11 Å². The van der Waals surface area contributed by atoms with E-state index < -0.39 is 31.0 Å². The molecule has 0 fully saturated rings. The van der Waals surface area contributed by atoms with Crippen LogP contribution in [0.4, 0.5) is 8.78 Å². The average Bonchev–Trinajstić information content (AvgIpc) is 2.39. The number of nitrogens with two attached hydrogens (primary N) is 1. The summed E-state index contributed by atoms with van der Waals surface area (Å²) in [5, 5.41) is 2.13. The van der Waals surface area contributed by atoms with Crippen LogP contribution in [0.2, 0.25) is 0 Å². The first kappa shape index (κ1) is 17.8. The van der Waals surface area contributed by atoms with E-state index in [4.69, 9.17) is 10.5 Å². The molecule has 1 aromatic carbocycles. The van der Waals surface area contributed by atoms with E-state index in [1.807, 2.05) is 0 Å². The van der Waals surface area contributed by atoms with Gasteiger partial charge >= 0.3 is 0 Å². The fourth-order valence-electron chi connectivity index (χ4n) is 1.40. The Kier molecular flexibility index (Phi) is 7.51. The minimum Gasteiger partial charge on any atom is -0.367 e. The maximum absolute atomic E-state index is 12.9. The fourth-order valence-corrected chi connectivity index (χ4v) is 1.40. The van der Waals surface area contributed by atoms with Crippen molar-refractivity contribution in [3.63, 3.8) is 0 Å². The van der Waals surface area contributed by atoms with Crippen molar-refractivity contribution in [2.24, 2.45) is 5.73 Å². The summed E-state index contributed by atoms with van der Waals surface area (Å²) in [6.07, 6.45) is -0.903. The van der Waals surface area contributed by atoms with Gasteiger partial charge in [-0.3, -0.25) is 4.79 Å². The molecule has 0 bridgehead atoms. The summed E-state index contributed by atoms with van der Waals surface area (Å²) in [5.74, 6) is -3.72. The molecule has 1 amide bonds. The number of rotatable bonds is 6. The predicted molar refractivity (Wildman–Crippen MR) is 70.5 cm³/mol. The van der Waals surface area contributed by atoms with Gasteiger partial charge in [-0.05, 0) is 5.56 Å². The van der Waals surface area contributed by atoms with Crippen molar-refractivity contribution < 1.29 is 18.3 Å². The summed E-state index contributed by atoms with van der Waals surface area (Å²) in [6, 6.07) is 8.65. The molecule has 0 aromatic heterocycles. The number of nitrogens with one attached hydrogen (secondary N) is 1. The van der Waals surface area contributed by atoms with Gasteiger partial charge in [-0.2, -0.15) is 0 Å². The van der Waals surface area contributed by atoms with Crippen LogP contribution in [-0.4, -0.2) is 32.0 Å². The third-order valence-electron chi connectivity index (χ3n) is 2.40. The van der Waals surface area contributed by atoms with Gasteiger partial charge < -0.3 is 15.8 Å². The van der Waals surface area contributed by atoms with E-state index >= 15 is 0 Å². The van der Waals surface area contributed by atoms with Crippen molar-refractivity contribution in [3.8, 4) is 0 Å². The highest BCUT2D eigenvalue weighted by atomic mass is 35.5. The molecule has 1 unspecified atom stereocenters. The van der Waals surface area contributed by atoms with E-state index in [9.17, 15) is 13.6 Å². The molecule has 4 nitrogen and oxygen atoms in total. The van der Waals surface area contributed by atoms with E-state index in [-0.39, 0.29) is 12.4 Å². The molecule has 108 valence electrons. The summed E-state index contributed by atoms with van der Waals surface area (Å²) in [5.41, 5.74) is 5.48. The highest BCUT2D eigenvalue weighted by Crippen LogP contribution is 2.17. The molecule has 0 aliphatic rings. The van der Waals surface area contributed by atoms with Crippen molar-refractivity contribution in [1.82, 2.24) is 5.32 Å². The van der Waals surface area contributed by atoms with E-state index in [0.717, 1.165) is 0 Å². The molecular weight excluding hydrogens is 278 g/mol. The second-order valence-electron chi connectivity index (χ2n) is 3.80. The number of alkyl halides is 2. The number of ether oxygens (including phenoxy) is 1. The van der Waals surface area contributed by atoms with Crippen LogP contribution >= 0.6 is 12.4 Å². The second-order valence-corrected chi connectivity index (χ2v) is 3.80. The first-order valence-electron chi connectivity index (χ1n) is 5.43. The van der Waals surface area contributed by atoms with Gasteiger partial charge in [-0.25, -0.2) is 8.78 Å². The summed E-state index contributed by atoms with van der Waals surface area (Å²) in [6.45, 7) is -1.61. The Bertz CT molecular complexity index is 391. The third-order valence-corrected chi connectivity index (χ3v) is 2.40. The lowest BCUT2D eigenvalue weighted by atomic mass is 10.1. The molecule has 0 saturated heterocycles. The van der Waals surface area contributed by atoms with Gasteiger partial charge in [-0.1, -0.05) is 30.3 Å². The van der Waals surface area contributed by atoms with Crippen LogP contribution in [0.5, 0.6) is 0 Å². The van der Waals surface area contributed by atoms with Gasteiger partial charge in [0.05, 0.1) is 13.1 Å². The van der Waals surface area contributed by atoms with Crippen molar-refractivity contribution in [1.29, 1.82) is 0 Å². The van der Waals surface area contributed by atoms with Crippen LogP contribution in [-0.2, 0) is 9.53 Å². The molecule has 0 aliphatic carbocycles. The summed E-state index contributed by atoms with van der Waals surface area (Å²) < 4.78 is 30.8. The molecule has 0 aliphatic heterocycles. The molecule has 0 radical (unpaired) electrons. The van der Waals surface area contributed by atoms with Crippen LogP contribution in [0.25, 0.3) is 0 Å². The minimum absolute atomic E-state index is 0. The summed E-state index contributed by atoms with van der Waals surface area (Å²) in [4.78, 5) is 11.7. The van der Waals surface area contributed by atoms with E-state index in [2.05, 4.69) is 5.32 Å². The first-order chi connectivity index (χ1) is 8.50. The fraction of sp³-hybridized carbons (Fsp3) is 0.417. The number of benzene rings is 1. The minimum atomic E-state index is -3.11. The Balaban J connectivity index is 0.00000324. The predicted octanol–water partition coefficient (Wildman–Crippen LogP) is 1.51. The zero-order valence-corrected chi connectivity index (χ0v) is 11.3. The lowest BCUT2D eigenvalue weighted by molar-refractivity contribution is -0.133. The van der Waals surface area contributed by atoms with Gasteiger partial charge in [0.25, 0.3) is 11.8 Å². The Morgan fingerprint density at radius 1 is 1.42 bits per heavy atom. The van der Waals surface area contributed by atoms with Crippen molar-refractivity contribution >= 4 is 18.3 Å². The average molecular weight is 295 g/mol. The topological polar surface area (TPSA) is 64.3 Å².